The predicted molar refractivity (Wildman–Crippen MR) is 72.6 cm³/mol. The first-order valence-corrected chi connectivity index (χ1v) is 6.80. The van der Waals surface area contributed by atoms with E-state index in [2.05, 4.69) is 17.0 Å². The molecule has 1 aromatic rings. The summed E-state index contributed by atoms with van der Waals surface area (Å²) in [6.07, 6.45) is 2.17. The molecule has 2 N–H and O–H groups in total. The average molecular weight is 263 g/mol. The number of carboxylic acids is 1. The standard InChI is InChI=1S/C15H21NO3/c17-11-14-3-1-12(2-4-14)9-16-8-7-13(10-16)5-6-15(18)19/h1-4,13,17H,5-11H2,(H,18,19). The lowest BCUT2D eigenvalue weighted by atomic mass is 10.0. The quantitative estimate of drug-likeness (QED) is 0.822. The van der Waals surface area contributed by atoms with Gasteiger partial charge in [0.1, 0.15) is 0 Å². The van der Waals surface area contributed by atoms with Crippen LogP contribution in [0.2, 0.25) is 0 Å². The second kappa shape index (κ2) is 6.68. The second-order valence-corrected chi connectivity index (χ2v) is 5.30. The fourth-order valence-corrected chi connectivity index (χ4v) is 2.63. The SMILES string of the molecule is O=C(O)CCC1CCN(Cc2ccc(CO)cc2)C1. The lowest BCUT2D eigenvalue weighted by Gasteiger charge is -2.16. The molecule has 19 heavy (non-hydrogen) atoms. The number of hydrogen-bond acceptors (Lipinski definition) is 3. The van der Waals surface area contributed by atoms with Crippen molar-refractivity contribution in [1.29, 1.82) is 0 Å². The zero-order valence-electron chi connectivity index (χ0n) is 11.1. The Bertz CT molecular complexity index is 416. The van der Waals surface area contributed by atoms with Gasteiger partial charge in [0, 0.05) is 19.5 Å². The van der Waals surface area contributed by atoms with Gasteiger partial charge in [-0.15, -0.1) is 0 Å². The summed E-state index contributed by atoms with van der Waals surface area (Å²) in [7, 11) is 0. The van der Waals surface area contributed by atoms with Gasteiger partial charge in [-0.05, 0) is 36.4 Å². The van der Waals surface area contributed by atoms with Gasteiger partial charge in [-0.25, -0.2) is 0 Å². The molecule has 1 unspecified atom stereocenters. The normalized spacial score (nSPS) is 19.7. The first kappa shape index (κ1) is 14.0. The Balaban J connectivity index is 1.79. The van der Waals surface area contributed by atoms with E-state index in [0.717, 1.165) is 38.0 Å². The van der Waals surface area contributed by atoms with Gasteiger partial charge in [-0.2, -0.15) is 0 Å². The van der Waals surface area contributed by atoms with Crippen LogP contribution in [0.4, 0.5) is 0 Å². The maximum Gasteiger partial charge on any atom is 0.303 e. The fourth-order valence-electron chi connectivity index (χ4n) is 2.63. The number of likely N-dealkylation sites (tertiary alicyclic amines) is 1. The molecular weight excluding hydrogens is 242 g/mol. The third kappa shape index (κ3) is 4.33. The van der Waals surface area contributed by atoms with Gasteiger partial charge in [0.2, 0.25) is 0 Å². The minimum absolute atomic E-state index is 0.0846. The molecule has 1 fully saturated rings. The van der Waals surface area contributed by atoms with E-state index in [0.29, 0.717) is 5.92 Å². The minimum Gasteiger partial charge on any atom is -0.481 e. The van der Waals surface area contributed by atoms with Crippen LogP contribution in [0, 0.1) is 5.92 Å². The first-order valence-electron chi connectivity index (χ1n) is 6.80. The van der Waals surface area contributed by atoms with Crippen molar-refractivity contribution in [2.75, 3.05) is 13.1 Å². The highest BCUT2D eigenvalue weighted by atomic mass is 16.4. The number of hydrogen-bond donors (Lipinski definition) is 2. The molecule has 0 bridgehead atoms. The maximum atomic E-state index is 10.6. The van der Waals surface area contributed by atoms with E-state index in [1.165, 1.54) is 5.56 Å². The van der Waals surface area contributed by atoms with E-state index in [-0.39, 0.29) is 13.0 Å². The number of nitrogens with zero attached hydrogens (tertiary/aromatic N) is 1. The van der Waals surface area contributed by atoms with Gasteiger partial charge in [0.15, 0.2) is 0 Å². The molecule has 0 radical (unpaired) electrons. The molecule has 4 nitrogen and oxygen atoms in total. The maximum absolute atomic E-state index is 10.6. The van der Waals surface area contributed by atoms with Crippen molar-refractivity contribution in [3.05, 3.63) is 35.4 Å². The Kier molecular flexibility index (Phi) is 4.93. The zero-order valence-corrected chi connectivity index (χ0v) is 11.1. The first-order chi connectivity index (χ1) is 9.17. The predicted octanol–water partition coefficient (Wildman–Crippen LogP) is 1.87. The van der Waals surface area contributed by atoms with Crippen LogP contribution in [0.15, 0.2) is 24.3 Å². The Hall–Kier alpha value is -1.39. The molecular formula is C15H21NO3. The second-order valence-electron chi connectivity index (χ2n) is 5.30. The molecule has 104 valence electrons. The molecule has 1 aliphatic heterocycles. The molecule has 0 aliphatic carbocycles. The van der Waals surface area contributed by atoms with Gasteiger partial charge in [-0.3, -0.25) is 9.69 Å². The summed E-state index contributed by atoms with van der Waals surface area (Å²) in [4.78, 5) is 12.9. The number of aliphatic hydroxyl groups excluding tert-OH is 1. The summed E-state index contributed by atoms with van der Waals surface area (Å²) in [6, 6.07) is 8.01. The summed E-state index contributed by atoms with van der Waals surface area (Å²) in [5.41, 5.74) is 2.18. The molecule has 1 heterocycles. The highest BCUT2D eigenvalue weighted by molar-refractivity contribution is 5.66. The van der Waals surface area contributed by atoms with Crippen molar-refractivity contribution in [2.45, 2.75) is 32.4 Å². The number of aliphatic hydroxyl groups is 1. The highest BCUT2D eigenvalue weighted by Gasteiger charge is 2.22. The lowest BCUT2D eigenvalue weighted by Crippen LogP contribution is -2.20. The van der Waals surface area contributed by atoms with E-state index in [1.807, 2.05) is 12.1 Å². The average Bonchev–Trinajstić information content (AvgIpc) is 2.85. The molecule has 0 aromatic heterocycles. The molecule has 4 heteroatoms. The van der Waals surface area contributed by atoms with Gasteiger partial charge in [0.25, 0.3) is 0 Å². The Morgan fingerprint density at radius 1 is 1.26 bits per heavy atom. The van der Waals surface area contributed by atoms with Gasteiger partial charge >= 0.3 is 5.97 Å². The Morgan fingerprint density at radius 3 is 2.58 bits per heavy atom. The highest BCUT2D eigenvalue weighted by Crippen LogP contribution is 2.22. The zero-order chi connectivity index (χ0) is 13.7. The molecule has 0 amide bonds. The summed E-state index contributed by atoms with van der Waals surface area (Å²) in [5.74, 6) is -0.175. The number of benzene rings is 1. The summed E-state index contributed by atoms with van der Waals surface area (Å²) in [5, 5.41) is 17.7. The van der Waals surface area contributed by atoms with Crippen molar-refractivity contribution in [3.63, 3.8) is 0 Å². The van der Waals surface area contributed by atoms with E-state index in [4.69, 9.17) is 10.2 Å². The smallest absolute Gasteiger partial charge is 0.303 e. The van der Waals surface area contributed by atoms with Crippen LogP contribution in [0.1, 0.15) is 30.4 Å². The third-order valence-electron chi connectivity index (χ3n) is 3.75. The van der Waals surface area contributed by atoms with Crippen molar-refractivity contribution in [3.8, 4) is 0 Å². The van der Waals surface area contributed by atoms with Crippen LogP contribution in [0.25, 0.3) is 0 Å². The minimum atomic E-state index is -0.696. The number of aliphatic carboxylic acids is 1. The summed E-state index contributed by atoms with van der Waals surface area (Å²) in [6.45, 7) is 3.04. The van der Waals surface area contributed by atoms with Crippen LogP contribution in [0.3, 0.4) is 0 Å². The monoisotopic (exact) mass is 263 g/mol. The van der Waals surface area contributed by atoms with Crippen LogP contribution < -0.4 is 0 Å². The molecule has 2 rings (SSSR count). The van der Waals surface area contributed by atoms with E-state index < -0.39 is 5.97 Å². The Morgan fingerprint density at radius 2 is 1.95 bits per heavy atom. The largest absolute Gasteiger partial charge is 0.481 e. The molecule has 1 aromatic carbocycles. The van der Waals surface area contributed by atoms with Gasteiger partial charge in [-0.1, -0.05) is 24.3 Å². The molecule has 0 saturated carbocycles. The van der Waals surface area contributed by atoms with Crippen LogP contribution in [-0.4, -0.2) is 34.2 Å². The van der Waals surface area contributed by atoms with Crippen molar-refractivity contribution in [1.82, 2.24) is 4.90 Å². The number of carbonyl (C=O) groups is 1. The van der Waals surface area contributed by atoms with Gasteiger partial charge in [0.05, 0.1) is 6.61 Å². The molecule has 0 spiro atoms. The van der Waals surface area contributed by atoms with Crippen LogP contribution >= 0.6 is 0 Å². The topological polar surface area (TPSA) is 60.8 Å². The lowest BCUT2D eigenvalue weighted by molar-refractivity contribution is -0.137. The van der Waals surface area contributed by atoms with E-state index in [1.54, 1.807) is 0 Å². The van der Waals surface area contributed by atoms with Gasteiger partial charge < -0.3 is 10.2 Å². The van der Waals surface area contributed by atoms with E-state index >= 15 is 0 Å². The Labute approximate surface area is 113 Å². The molecule has 1 aliphatic rings. The fraction of sp³-hybridized carbons (Fsp3) is 0.533. The van der Waals surface area contributed by atoms with Crippen LogP contribution in [-0.2, 0) is 17.9 Å². The third-order valence-corrected chi connectivity index (χ3v) is 3.75. The van der Waals surface area contributed by atoms with Crippen LogP contribution in [0.5, 0.6) is 0 Å². The van der Waals surface area contributed by atoms with Crippen molar-refractivity contribution >= 4 is 5.97 Å². The van der Waals surface area contributed by atoms with E-state index in [9.17, 15) is 4.79 Å². The molecule has 1 atom stereocenters. The summed E-state index contributed by atoms with van der Waals surface area (Å²) >= 11 is 0. The molecule has 1 saturated heterocycles. The summed E-state index contributed by atoms with van der Waals surface area (Å²) < 4.78 is 0. The van der Waals surface area contributed by atoms with Crippen molar-refractivity contribution in [2.24, 2.45) is 5.92 Å². The number of carboxylic acid groups (broad SMARTS) is 1. The van der Waals surface area contributed by atoms with Crippen molar-refractivity contribution < 1.29 is 15.0 Å². The number of rotatable bonds is 6.